The molecule has 2 N–H and O–H groups in total. The molecule has 24 heavy (non-hydrogen) atoms. The maximum atomic E-state index is 12.8. The Morgan fingerprint density at radius 1 is 1.25 bits per heavy atom. The Balaban J connectivity index is 2.04. The molecular weight excluding hydrogens is 304 g/mol. The molecule has 0 spiro atoms. The van der Waals surface area contributed by atoms with Crippen LogP contribution in [-0.2, 0) is 4.79 Å². The number of pyridine rings is 1. The number of aryl methyl sites for hydroxylation is 1. The molecule has 1 aromatic carbocycles. The van der Waals surface area contributed by atoms with Crippen LogP contribution in [0.5, 0.6) is 0 Å². The SMILES string of the molecule is Cc1ccc2nc(C3CC3)cc(C(=O)N[C@H](C(=O)O)C(C)C)c2c1. The number of hydrogen-bond donors (Lipinski definition) is 2. The van der Waals surface area contributed by atoms with Crippen LogP contribution in [0, 0.1) is 12.8 Å². The van der Waals surface area contributed by atoms with Crippen molar-refractivity contribution < 1.29 is 14.7 Å². The number of aromatic nitrogens is 1. The lowest BCUT2D eigenvalue weighted by molar-refractivity contribution is -0.140. The number of nitrogens with one attached hydrogen (secondary N) is 1. The Morgan fingerprint density at radius 2 is 1.96 bits per heavy atom. The summed E-state index contributed by atoms with van der Waals surface area (Å²) in [6.07, 6.45) is 2.18. The third kappa shape index (κ3) is 3.25. The van der Waals surface area contributed by atoms with Crippen LogP contribution in [0.1, 0.15) is 54.2 Å². The molecule has 0 aliphatic heterocycles. The van der Waals surface area contributed by atoms with E-state index in [0.29, 0.717) is 11.5 Å². The number of carboxylic acids is 1. The van der Waals surface area contributed by atoms with Crippen LogP contribution in [-0.4, -0.2) is 28.0 Å². The van der Waals surface area contributed by atoms with E-state index in [1.54, 1.807) is 13.8 Å². The van der Waals surface area contributed by atoms with Gasteiger partial charge in [-0.25, -0.2) is 4.79 Å². The quantitative estimate of drug-likeness (QED) is 0.884. The van der Waals surface area contributed by atoms with Crippen molar-refractivity contribution in [2.45, 2.75) is 45.6 Å². The van der Waals surface area contributed by atoms with Gasteiger partial charge in [0, 0.05) is 17.0 Å². The lowest BCUT2D eigenvalue weighted by Gasteiger charge is -2.19. The highest BCUT2D eigenvalue weighted by atomic mass is 16.4. The number of carbonyl (C=O) groups is 2. The highest BCUT2D eigenvalue weighted by Crippen LogP contribution is 2.40. The highest BCUT2D eigenvalue weighted by molar-refractivity contribution is 6.07. The monoisotopic (exact) mass is 326 g/mol. The molecule has 0 saturated heterocycles. The molecule has 0 radical (unpaired) electrons. The highest BCUT2D eigenvalue weighted by Gasteiger charge is 2.29. The van der Waals surface area contributed by atoms with Gasteiger partial charge < -0.3 is 10.4 Å². The van der Waals surface area contributed by atoms with E-state index in [1.165, 1.54) is 0 Å². The number of nitrogens with zero attached hydrogens (tertiary/aromatic N) is 1. The zero-order chi connectivity index (χ0) is 17.4. The minimum Gasteiger partial charge on any atom is -0.480 e. The van der Waals surface area contributed by atoms with Gasteiger partial charge in [0.05, 0.1) is 11.1 Å². The van der Waals surface area contributed by atoms with Gasteiger partial charge in [-0.1, -0.05) is 25.5 Å². The predicted octanol–water partition coefficient (Wildman–Crippen LogP) is 3.26. The van der Waals surface area contributed by atoms with Crippen molar-refractivity contribution >= 4 is 22.8 Å². The molecule has 1 aromatic heterocycles. The van der Waals surface area contributed by atoms with E-state index < -0.39 is 12.0 Å². The molecule has 0 unspecified atom stereocenters. The molecule has 0 bridgehead atoms. The van der Waals surface area contributed by atoms with E-state index >= 15 is 0 Å². The first kappa shape index (κ1) is 16.4. The lowest BCUT2D eigenvalue weighted by atomic mass is 10.0. The summed E-state index contributed by atoms with van der Waals surface area (Å²) in [4.78, 5) is 28.8. The molecule has 1 fully saturated rings. The minimum atomic E-state index is -1.02. The number of hydrogen-bond acceptors (Lipinski definition) is 3. The summed E-state index contributed by atoms with van der Waals surface area (Å²) < 4.78 is 0. The van der Waals surface area contributed by atoms with Gasteiger partial charge in [-0.2, -0.15) is 0 Å². The first-order valence-electron chi connectivity index (χ1n) is 8.32. The van der Waals surface area contributed by atoms with E-state index in [0.717, 1.165) is 35.0 Å². The zero-order valence-corrected chi connectivity index (χ0v) is 14.2. The van der Waals surface area contributed by atoms with Crippen LogP contribution >= 0.6 is 0 Å². The van der Waals surface area contributed by atoms with Crippen molar-refractivity contribution in [3.63, 3.8) is 0 Å². The van der Waals surface area contributed by atoms with Gasteiger partial charge in [0.1, 0.15) is 6.04 Å². The Bertz CT molecular complexity index is 810. The van der Waals surface area contributed by atoms with Gasteiger partial charge in [0.2, 0.25) is 0 Å². The molecule has 2 aromatic rings. The van der Waals surface area contributed by atoms with Gasteiger partial charge in [-0.15, -0.1) is 0 Å². The number of fused-ring (bicyclic) bond motifs is 1. The Kier molecular flexibility index (Phi) is 4.26. The van der Waals surface area contributed by atoms with Gasteiger partial charge in [-0.3, -0.25) is 9.78 Å². The van der Waals surface area contributed by atoms with Crippen molar-refractivity contribution in [3.8, 4) is 0 Å². The molecule has 1 aliphatic rings. The first-order chi connectivity index (χ1) is 11.4. The molecular formula is C19H22N2O3. The van der Waals surface area contributed by atoms with Gasteiger partial charge in [-0.05, 0) is 43.9 Å². The molecule has 5 nitrogen and oxygen atoms in total. The van der Waals surface area contributed by atoms with Crippen LogP contribution in [0.25, 0.3) is 10.9 Å². The Hall–Kier alpha value is -2.43. The number of carbonyl (C=O) groups excluding carboxylic acids is 1. The number of rotatable bonds is 5. The average molecular weight is 326 g/mol. The van der Waals surface area contributed by atoms with Gasteiger partial charge in [0.25, 0.3) is 5.91 Å². The Labute approximate surface area is 141 Å². The Morgan fingerprint density at radius 3 is 2.54 bits per heavy atom. The van der Waals surface area contributed by atoms with E-state index in [4.69, 9.17) is 0 Å². The van der Waals surface area contributed by atoms with Crippen LogP contribution in [0.2, 0.25) is 0 Å². The first-order valence-corrected chi connectivity index (χ1v) is 8.32. The van der Waals surface area contributed by atoms with Gasteiger partial charge >= 0.3 is 5.97 Å². The van der Waals surface area contributed by atoms with Crippen molar-refractivity contribution in [3.05, 3.63) is 41.1 Å². The molecule has 3 rings (SSSR count). The topological polar surface area (TPSA) is 79.3 Å². The summed E-state index contributed by atoms with van der Waals surface area (Å²) in [5.41, 5.74) is 3.26. The summed E-state index contributed by atoms with van der Waals surface area (Å²) in [6.45, 7) is 5.52. The minimum absolute atomic E-state index is 0.191. The van der Waals surface area contributed by atoms with Crippen LogP contribution in [0.15, 0.2) is 24.3 Å². The third-order valence-corrected chi connectivity index (χ3v) is 4.44. The fraction of sp³-hybridized carbons (Fsp3) is 0.421. The zero-order valence-electron chi connectivity index (χ0n) is 14.2. The summed E-state index contributed by atoms with van der Waals surface area (Å²) in [5, 5.41) is 12.8. The molecule has 5 heteroatoms. The molecule has 1 aliphatic carbocycles. The fourth-order valence-electron chi connectivity index (χ4n) is 2.87. The molecule has 126 valence electrons. The standard InChI is InChI=1S/C19H22N2O3/c1-10(2)17(19(23)24)21-18(22)14-9-16(12-5-6-12)20-15-7-4-11(3)8-13(14)15/h4,7-10,12,17H,5-6H2,1-3H3,(H,21,22)(H,23,24)/t17-/m0/s1. The smallest absolute Gasteiger partial charge is 0.326 e. The van der Waals surface area contributed by atoms with Crippen molar-refractivity contribution in [1.29, 1.82) is 0 Å². The number of carboxylic acid groups (broad SMARTS) is 1. The molecule has 1 heterocycles. The van der Waals surface area contributed by atoms with Crippen molar-refractivity contribution in [2.24, 2.45) is 5.92 Å². The summed E-state index contributed by atoms with van der Waals surface area (Å²) in [6, 6.07) is 6.74. The van der Waals surface area contributed by atoms with E-state index in [-0.39, 0.29) is 11.8 Å². The second-order valence-electron chi connectivity index (χ2n) is 6.92. The van der Waals surface area contributed by atoms with E-state index in [9.17, 15) is 14.7 Å². The van der Waals surface area contributed by atoms with E-state index in [1.807, 2.05) is 31.2 Å². The number of amides is 1. The van der Waals surface area contributed by atoms with Crippen LogP contribution < -0.4 is 5.32 Å². The summed E-state index contributed by atoms with van der Waals surface area (Å²) in [5.74, 6) is -1.14. The maximum absolute atomic E-state index is 12.8. The fourth-order valence-corrected chi connectivity index (χ4v) is 2.87. The summed E-state index contributed by atoms with van der Waals surface area (Å²) in [7, 11) is 0. The van der Waals surface area contributed by atoms with Crippen LogP contribution in [0.4, 0.5) is 0 Å². The third-order valence-electron chi connectivity index (χ3n) is 4.44. The normalized spacial score (nSPS) is 15.5. The van der Waals surface area contributed by atoms with Gasteiger partial charge in [0.15, 0.2) is 0 Å². The van der Waals surface area contributed by atoms with Crippen molar-refractivity contribution in [2.75, 3.05) is 0 Å². The predicted molar refractivity (Wildman–Crippen MR) is 92.2 cm³/mol. The van der Waals surface area contributed by atoms with Crippen molar-refractivity contribution in [1.82, 2.24) is 10.3 Å². The number of benzene rings is 1. The van der Waals surface area contributed by atoms with Crippen LogP contribution in [0.3, 0.4) is 0 Å². The second-order valence-corrected chi connectivity index (χ2v) is 6.92. The molecule has 1 saturated carbocycles. The van der Waals surface area contributed by atoms with E-state index in [2.05, 4.69) is 10.3 Å². The average Bonchev–Trinajstić information content (AvgIpc) is 3.35. The number of aliphatic carboxylic acids is 1. The molecule has 1 atom stereocenters. The maximum Gasteiger partial charge on any atom is 0.326 e. The largest absolute Gasteiger partial charge is 0.480 e. The lowest BCUT2D eigenvalue weighted by Crippen LogP contribution is -2.44. The summed E-state index contributed by atoms with van der Waals surface area (Å²) >= 11 is 0. The second kappa shape index (κ2) is 6.23. The molecule has 1 amide bonds.